The summed E-state index contributed by atoms with van der Waals surface area (Å²) in [5.41, 5.74) is 1.98. The molecule has 4 aromatic rings. The van der Waals surface area contributed by atoms with Crippen LogP contribution in [0.1, 0.15) is 5.56 Å². The third-order valence-corrected chi connectivity index (χ3v) is 4.34. The first-order valence-corrected chi connectivity index (χ1v) is 8.63. The maximum atomic E-state index is 14.5. The zero-order chi connectivity index (χ0) is 19.7. The highest BCUT2D eigenvalue weighted by Crippen LogP contribution is 2.22. The molecule has 0 aliphatic heterocycles. The standard InChI is InChI=1S/C21H17FN4O2/c1-14-8-9-17(16(22)12-14)25-13-19(28-2)21(27)20(24-25)18-10-11-23-26(18)15-6-4-3-5-7-15/h3-13H,1-2H3. The van der Waals surface area contributed by atoms with Crippen molar-refractivity contribution in [1.82, 2.24) is 19.6 Å². The highest BCUT2D eigenvalue weighted by atomic mass is 19.1. The van der Waals surface area contributed by atoms with Crippen molar-refractivity contribution in [3.05, 3.63) is 88.6 Å². The summed E-state index contributed by atoms with van der Waals surface area (Å²) in [6.45, 7) is 1.80. The number of methoxy groups -OCH3 is 1. The van der Waals surface area contributed by atoms with Crippen LogP contribution in [-0.4, -0.2) is 26.7 Å². The van der Waals surface area contributed by atoms with E-state index in [-0.39, 0.29) is 17.1 Å². The lowest BCUT2D eigenvalue weighted by atomic mass is 10.2. The molecule has 140 valence electrons. The highest BCUT2D eigenvalue weighted by molar-refractivity contribution is 5.59. The number of nitrogens with zero attached hydrogens (tertiary/aromatic N) is 4. The van der Waals surface area contributed by atoms with Gasteiger partial charge in [-0.1, -0.05) is 24.3 Å². The highest BCUT2D eigenvalue weighted by Gasteiger charge is 2.18. The van der Waals surface area contributed by atoms with Gasteiger partial charge >= 0.3 is 0 Å². The number of benzene rings is 2. The second-order valence-electron chi connectivity index (χ2n) is 6.24. The summed E-state index contributed by atoms with van der Waals surface area (Å²) in [7, 11) is 1.39. The molecule has 0 atom stereocenters. The molecule has 0 saturated carbocycles. The van der Waals surface area contributed by atoms with Gasteiger partial charge in [-0.25, -0.2) is 13.8 Å². The van der Waals surface area contributed by atoms with E-state index in [1.165, 1.54) is 24.1 Å². The molecule has 0 bridgehead atoms. The Kier molecular flexibility index (Phi) is 4.49. The number of aryl methyl sites for hydroxylation is 1. The SMILES string of the molecule is COc1cn(-c2ccc(C)cc2F)nc(-c2ccnn2-c2ccccc2)c1=O. The minimum atomic E-state index is -0.444. The van der Waals surface area contributed by atoms with E-state index in [9.17, 15) is 9.18 Å². The Morgan fingerprint density at radius 2 is 1.86 bits per heavy atom. The largest absolute Gasteiger partial charge is 0.491 e. The van der Waals surface area contributed by atoms with Gasteiger partial charge in [0.25, 0.3) is 5.43 Å². The third-order valence-electron chi connectivity index (χ3n) is 4.34. The topological polar surface area (TPSA) is 61.9 Å². The smallest absolute Gasteiger partial charge is 0.251 e. The molecule has 2 aromatic carbocycles. The molecular formula is C21H17FN4O2. The van der Waals surface area contributed by atoms with E-state index in [0.29, 0.717) is 5.69 Å². The number of hydrogen-bond acceptors (Lipinski definition) is 4. The van der Waals surface area contributed by atoms with Crippen molar-refractivity contribution < 1.29 is 9.13 Å². The van der Waals surface area contributed by atoms with Crippen molar-refractivity contribution in [2.24, 2.45) is 0 Å². The van der Waals surface area contributed by atoms with Gasteiger partial charge in [0.1, 0.15) is 11.5 Å². The van der Waals surface area contributed by atoms with Crippen LogP contribution in [0.2, 0.25) is 0 Å². The van der Waals surface area contributed by atoms with Gasteiger partial charge in [0, 0.05) is 0 Å². The van der Waals surface area contributed by atoms with E-state index in [4.69, 9.17) is 4.74 Å². The van der Waals surface area contributed by atoms with E-state index in [1.54, 1.807) is 36.0 Å². The second kappa shape index (κ2) is 7.11. The van der Waals surface area contributed by atoms with Gasteiger partial charge in [-0.15, -0.1) is 0 Å². The van der Waals surface area contributed by atoms with Crippen LogP contribution >= 0.6 is 0 Å². The molecule has 0 radical (unpaired) electrons. The van der Waals surface area contributed by atoms with Crippen molar-refractivity contribution in [1.29, 1.82) is 0 Å². The normalized spacial score (nSPS) is 10.8. The molecule has 0 fully saturated rings. The summed E-state index contributed by atoms with van der Waals surface area (Å²) in [6.07, 6.45) is 2.96. The fraction of sp³-hybridized carbons (Fsp3) is 0.0952. The van der Waals surface area contributed by atoms with Crippen LogP contribution in [0.4, 0.5) is 4.39 Å². The fourth-order valence-corrected chi connectivity index (χ4v) is 2.96. The first-order valence-electron chi connectivity index (χ1n) is 8.63. The number of halogens is 1. The van der Waals surface area contributed by atoms with Gasteiger partial charge in [0.15, 0.2) is 11.4 Å². The Morgan fingerprint density at radius 3 is 2.57 bits per heavy atom. The van der Waals surface area contributed by atoms with Crippen molar-refractivity contribution in [3.63, 3.8) is 0 Å². The molecule has 0 amide bonds. The molecule has 0 saturated heterocycles. The van der Waals surface area contributed by atoms with Crippen molar-refractivity contribution in [2.45, 2.75) is 6.92 Å². The van der Waals surface area contributed by atoms with Crippen LogP contribution in [0.25, 0.3) is 22.8 Å². The Bertz CT molecular complexity index is 1200. The Hall–Kier alpha value is -3.74. The molecule has 2 aromatic heterocycles. The molecule has 2 heterocycles. The average molecular weight is 376 g/mol. The first kappa shape index (κ1) is 17.7. The zero-order valence-electron chi connectivity index (χ0n) is 15.3. The van der Waals surface area contributed by atoms with Crippen molar-refractivity contribution >= 4 is 0 Å². The van der Waals surface area contributed by atoms with Crippen molar-refractivity contribution in [2.75, 3.05) is 7.11 Å². The monoisotopic (exact) mass is 376 g/mol. The summed E-state index contributed by atoms with van der Waals surface area (Å²) >= 11 is 0. The molecule has 0 spiro atoms. The molecule has 0 N–H and O–H groups in total. The molecule has 28 heavy (non-hydrogen) atoms. The molecule has 4 rings (SSSR count). The van der Waals surface area contributed by atoms with E-state index in [1.807, 2.05) is 30.3 Å². The van der Waals surface area contributed by atoms with E-state index in [0.717, 1.165) is 11.3 Å². The van der Waals surface area contributed by atoms with Crippen molar-refractivity contribution in [3.8, 4) is 28.5 Å². The van der Waals surface area contributed by atoms with E-state index < -0.39 is 11.2 Å². The molecule has 6 nitrogen and oxygen atoms in total. The predicted octanol–water partition coefficient (Wildman–Crippen LogP) is 3.54. The second-order valence-corrected chi connectivity index (χ2v) is 6.24. The van der Waals surface area contributed by atoms with Crippen LogP contribution in [-0.2, 0) is 0 Å². The molecular weight excluding hydrogens is 359 g/mol. The van der Waals surface area contributed by atoms with Gasteiger partial charge in [-0.05, 0) is 42.8 Å². The molecule has 7 heteroatoms. The van der Waals surface area contributed by atoms with Gasteiger partial charge < -0.3 is 4.74 Å². The minimum Gasteiger partial charge on any atom is -0.491 e. The zero-order valence-corrected chi connectivity index (χ0v) is 15.3. The van der Waals surface area contributed by atoms with E-state index in [2.05, 4.69) is 10.2 Å². The summed E-state index contributed by atoms with van der Waals surface area (Å²) in [5.74, 6) is -0.383. The Labute approximate surface area is 160 Å². The number of ether oxygens (including phenoxy) is 1. The molecule has 0 unspecified atom stereocenters. The number of rotatable bonds is 4. The van der Waals surface area contributed by atoms with Gasteiger partial charge in [0.2, 0.25) is 0 Å². The lowest BCUT2D eigenvalue weighted by Crippen LogP contribution is -2.18. The van der Waals surface area contributed by atoms with Gasteiger partial charge in [-0.2, -0.15) is 10.2 Å². The molecule has 0 aliphatic rings. The lowest BCUT2D eigenvalue weighted by molar-refractivity contribution is 0.405. The van der Waals surface area contributed by atoms with Crippen LogP contribution in [0.5, 0.6) is 5.75 Å². The van der Waals surface area contributed by atoms with Crippen LogP contribution in [0.3, 0.4) is 0 Å². The minimum absolute atomic E-state index is 0.0609. The fourth-order valence-electron chi connectivity index (χ4n) is 2.96. The Balaban J connectivity index is 1.94. The van der Waals surface area contributed by atoms with E-state index >= 15 is 0 Å². The van der Waals surface area contributed by atoms with Gasteiger partial charge in [-0.3, -0.25) is 4.79 Å². The Morgan fingerprint density at radius 1 is 1.07 bits per heavy atom. The summed E-state index contributed by atoms with van der Waals surface area (Å²) in [4.78, 5) is 12.9. The summed E-state index contributed by atoms with van der Waals surface area (Å²) in [6, 6.07) is 15.9. The molecule has 0 aliphatic carbocycles. The maximum Gasteiger partial charge on any atom is 0.251 e. The van der Waals surface area contributed by atoms with Gasteiger partial charge in [0.05, 0.1) is 30.9 Å². The third kappa shape index (κ3) is 3.07. The number of hydrogen-bond donors (Lipinski definition) is 0. The van der Waals surface area contributed by atoms with Crippen LogP contribution < -0.4 is 10.2 Å². The van der Waals surface area contributed by atoms with Crippen LogP contribution in [0, 0.1) is 12.7 Å². The summed E-state index contributed by atoms with van der Waals surface area (Å²) in [5, 5.41) is 8.70. The average Bonchev–Trinajstić information content (AvgIpc) is 3.19. The van der Waals surface area contributed by atoms with Crippen LogP contribution in [0.15, 0.2) is 71.8 Å². The predicted molar refractivity (Wildman–Crippen MR) is 104 cm³/mol. The first-order chi connectivity index (χ1) is 13.6. The quantitative estimate of drug-likeness (QED) is 0.547. The lowest BCUT2D eigenvalue weighted by Gasteiger charge is -2.12. The number of para-hydroxylation sites is 1. The number of aromatic nitrogens is 4. The maximum absolute atomic E-state index is 14.5. The summed E-state index contributed by atoms with van der Waals surface area (Å²) < 4.78 is 22.6.